The van der Waals surface area contributed by atoms with Crippen LogP contribution in [0.25, 0.3) is 0 Å². The molecular formula is C16H16O2. The maximum Gasteiger partial charge on any atom is 0.105 e. The lowest BCUT2D eigenvalue weighted by Gasteiger charge is -2.29. The Balaban J connectivity index is 2.20. The normalized spacial score (nSPS) is 21.3. The van der Waals surface area contributed by atoms with Crippen molar-refractivity contribution in [1.29, 1.82) is 0 Å². The number of aliphatic hydroxyl groups is 2. The minimum Gasteiger partial charge on any atom is -0.384 e. The molecule has 18 heavy (non-hydrogen) atoms. The van der Waals surface area contributed by atoms with E-state index in [1.54, 1.807) is 0 Å². The van der Waals surface area contributed by atoms with Gasteiger partial charge in [0.05, 0.1) is 0 Å². The topological polar surface area (TPSA) is 40.5 Å². The molecule has 0 unspecified atom stereocenters. The van der Waals surface area contributed by atoms with E-state index in [0.717, 1.165) is 28.7 Å². The van der Waals surface area contributed by atoms with Gasteiger partial charge < -0.3 is 10.2 Å². The van der Waals surface area contributed by atoms with Crippen LogP contribution < -0.4 is 0 Å². The SMILES string of the molecule is CCc1ccc2c(c1)[C@H](O)c1ccccc1[C@H]2O. The van der Waals surface area contributed by atoms with Gasteiger partial charge in [-0.3, -0.25) is 0 Å². The van der Waals surface area contributed by atoms with Crippen molar-refractivity contribution in [2.45, 2.75) is 25.6 Å². The molecule has 2 N–H and O–H groups in total. The Kier molecular flexibility index (Phi) is 2.69. The van der Waals surface area contributed by atoms with Crippen LogP contribution in [0.4, 0.5) is 0 Å². The van der Waals surface area contributed by atoms with Crippen molar-refractivity contribution in [3.8, 4) is 0 Å². The summed E-state index contributed by atoms with van der Waals surface area (Å²) in [5.74, 6) is 0. The molecule has 0 aromatic heterocycles. The third-order valence-corrected chi connectivity index (χ3v) is 3.73. The molecule has 0 bridgehead atoms. The zero-order chi connectivity index (χ0) is 12.7. The van der Waals surface area contributed by atoms with Crippen molar-refractivity contribution in [3.05, 3.63) is 70.3 Å². The van der Waals surface area contributed by atoms with Gasteiger partial charge in [0.25, 0.3) is 0 Å². The number of benzene rings is 2. The Bertz CT molecular complexity index is 589. The van der Waals surface area contributed by atoms with Crippen molar-refractivity contribution in [1.82, 2.24) is 0 Å². The summed E-state index contributed by atoms with van der Waals surface area (Å²) in [4.78, 5) is 0. The van der Waals surface area contributed by atoms with Crippen LogP contribution in [-0.4, -0.2) is 10.2 Å². The Morgan fingerprint density at radius 1 is 0.833 bits per heavy atom. The van der Waals surface area contributed by atoms with Gasteiger partial charge in [0.15, 0.2) is 0 Å². The van der Waals surface area contributed by atoms with E-state index >= 15 is 0 Å². The summed E-state index contributed by atoms with van der Waals surface area (Å²) in [5, 5.41) is 20.8. The number of rotatable bonds is 1. The molecule has 1 aliphatic rings. The van der Waals surface area contributed by atoms with Gasteiger partial charge in [0.1, 0.15) is 12.2 Å². The zero-order valence-electron chi connectivity index (χ0n) is 10.3. The van der Waals surface area contributed by atoms with E-state index in [9.17, 15) is 10.2 Å². The third kappa shape index (κ3) is 1.57. The molecule has 2 atom stereocenters. The van der Waals surface area contributed by atoms with Gasteiger partial charge in [-0.1, -0.05) is 49.4 Å². The first-order valence-electron chi connectivity index (χ1n) is 6.30. The summed E-state index contributed by atoms with van der Waals surface area (Å²) < 4.78 is 0. The van der Waals surface area contributed by atoms with Crippen LogP contribution in [0.15, 0.2) is 42.5 Å². The van der Waals surface area contributed by atoms with Crippen molar-refractivity contribution in [2.75, 3.05) is 0 Å². The molecule has 0 amide bonds. The van der Waals surface area contributed by atoms with Gasteiger partial charge >= 0.3 is 0 Å². The van der Waals surface area contributed by atoms with E-state index in [-0.39, 0.29) is 0 Å². The van der Waals surface area contributed by atoms with Gasteiger partial charge in [-0.2, -0.15) is 0 Å². The lowest BCUT2D eigenvalue weighted by atomic mass is 9.81. The maximum atomic E-state index is 10.4. The van der Waals surface area contributed by atoms with Crippen LogP contribution in [0.2, 0.25) is 0 Å². The molecular weight excluding hydrogens is 224 g/mol. The smallest absolute Gasteiger partial charge is 0.105 e. The Morgan fingerprint density at radius 2 is 1.39 bits per heavy atom. The van der Waals surface area contributed by atoms with E-state index in [4.69, 9.17) is 0 Å². The molecule has 2 aromatic carbocycles. The van der Waals surface area contributed by atoms with E-state index in [1.165, 1.54) is 5.56 Å². The average Bonchev–Trinajstić information content (AvgIpc) is 2.44. The fourth-order valence-electron chi connectivity index (χ4n) is 2.67. The van der Waals surface area contributed by atoms with Crippen LogP contribution in [0, 0.1) is 0 Å². The van der Waals surface area contributed by atoms with Crippen molar-refractivity contribution >= 4 is 0 Å². The molecule has 0 saturated heterocycles. The quantitative estimate of drug-likeness (QED) is 0.804. The molecule has 0 fully saturated rings. The molecule has 92 valence electrons. The van der Waals surface area contributed by atoms with Gasteiger partial charge in [-0.25, -0.2) is 0 Å². The van der Waals surface area contributed by atoms with Crippen LogP contribution in [0.3, 0.4) is 0 Å². The highest BCUT2D eigenvalue weighted by molar-refractivity contribution is 5.50. The predicted molar refractivity (Wildman–Crippen MR) is 70.4 cm³/mol. The van der Waals surface area contributed by atoms with Crippen molar-refractivity contribution < 1.29 is 10.2 Å². The minimum atomic E-state index is -0.634. The fourth-order valence-corrected chi connectivity index (χ4v) is 2.67. The second-order valence-electron chi connectivity index (χ2n) is 4.75. The van der Waals surface area contributed by atoms with Crippen molar-refractivity contribution in [3.63, 3.8) is 0 Å². The molecule has 2 heteroatoms. The summed E-state index contributed by atoms with van der Waals surface area (Å²) in [6.45, 7) is 2.08. The van der Waals surface area contributed by atoms with Crippen LogP contribution in [0.5, 0.6) is 0 Å². The molecule has 1 aliphatic carbocycles. The molecule has 0 heterocycles. The highest BCUT2D eigenvalue weighted by Crippen LogP contribution is 2.40. The fraction of sp³-hybridized carbons (Fsp3) is 0.250. The number of hydrogen-bond donors (Lipinski definition) is 2. The summed E-state index contributed by atoms with van der Waals surface area (Å²) in [6, 6.07) is 13.5. The van der Waals surface area contributed by atoms with E-state index < -0.39 is 12.2 Å². The number of fused-ring (bicyclic) bond motifs is 2. The van der Waals surface area contributed by atoms with Gasteiger partial charge in [-0.05, 0) is 34.2 Å². The average molecular weight is 240 g/mol. The third-order valence-electron chi connectivity index (χ3n) is 3.73. The number of aryl methyl sites for hydroxylation is 1. The summed E-state index contributed by atoms with van der Waals surface area (Å²) >= 11 is 0. The van der Waals surface area contributed by atoms with Gasteiger partial charge in [0, 0.05) is 0 Å². The Hall–Kier alpha value is -1.64. The predicted octanol–water partition coefficient (Wildman–Crippen LogP) is 2.73. The second-order valence-corrected chi connectivity index (χ2v) is 4.75. The summed E-state index contributed by atoms with van der Waals surface area (Å²) in [5.41, 5.74) is 4.45. The van der Waals surface area contributed by atoms with Crippen molar-refractivity contribution in [2.24, 2.45) is 0 Å². The molecule has 2 nitrogen and oxygen atoms in total. The maximum absolute atomic E-state index is 10.4. The first kappa shape index (κ1) is 11.5. The summed E-state index contributed by atoms with van der Waals surface area (Å²) in [7, 11) is 0. The highest BCUT2D eigenvalue weighted by atomic mass is 16.3. The minimum absolute atomic E-state index is 0.633. The van der Waals surface area contributed by atoms with Crippen LogP contribution in [-0.2, 0) is 6.42 Å². The van der Waals surface area contributed by atoms with E-state index in [2.05, 4.69) is 6.92 Å². The highest BCUT2D eigenvalue weighted by Gasteiger charge is 2.29. The molecule has 0 aliphatic heterocycles. The monoisotopic (exact) mass is 240 g/mol. The van der Waals surface area contributed by atoms with Crippen LogP contribution in [0.1, 0.15) is 46.9 Å². The largest absolute Gasteiger partial charge is 0.384 e. The standard InChI is InChI=1S/C16H16O2/c1-2-10-7-8-13-14(9-10)16(18)12-6-4-3-5-11(12)15(13)17/h3-9,15-18H,2H2,1H3/t15-,16-/m1/s1. The van der Waals surface area contributed by atoms with E-state index in [1.807, 2.05) is 42.5 Å². The summed E-state index contributed by atoms with van der Waals surface area (Å²) in [6.07, 6.45) is -0.339. The van der Waals surface area contributed by atoms with Gasteiger partial charge in [0.2, 0.25) is 0 Å². The lowest BCUT2D eigenvalue weighted by Crippen LogP contribution is -2.18. The lowest BCUT2D eigenvalue weighted by molar-refractivity contribution is 0.173. The molecule has 0 saturated carbocycles. The molecule has 0 radical (unpaired) electrons. The first-order chi connectivity index (χ1) is 8.72. The number of hydrogen-bond acceptors (Lipinski definition) is 2. The van der Waals surface area contributed by atoms with Crippen LogP contribution >= 0.6 is 0 Å². The molecule has 3 rings (SSSR count). The Labute approximate surface area is 107 Å². The zero-order valence-corrected chi connectivity index (χ0v) is 10.3. The van der Waals surface area contributed by atoms with E-state index in [0.29, 0.717) is 0 Å². The molecule has 2 aromatic rings. The first-order valence-corrected chi connectivity index (χ1v) is 6.30. The Morgan fingerprint density at radius 3 is 2.00 bits per heavy atom. The second kappa shape index (κ2) is 4.23. The number of aliphatic hydroxyl groups excluding tert-OH is 2. The molecule has 0 spiro atoms. The van der Waals surface area contributed by atoms with Gasteiger partial charge in [-0.15, -0.1) is 0 Å².